The topological polar surface area (TPSA) is 17.8 Å². The van der Waals surface area contributed by atoms with Crippen LogP contribution in [0.4, 0.5) is 0 Å². The molecule has 3 rings (SSSR count). The maximum Gasteiger partial charge on any atom is 0.0930 e. The Hall–Kier alpha value is -2.32. The zero-order valence-corrected chi connectivity index (χ0v) is 13.4. The molecule has 0 aliphatic carbocycles. The van der Waals surface area contributed by atoms with E-state index in [1.165, 1.54) is 5.56 Å². The molecule has 1 aromatic heterocycles. The number of aryl methyl sites for hydroxylation is 2. The molecule has 0 spiro atoms. The first-order valence-corrected chi connectivity index (χ1v) is 7.52. The van der Waals surface area contributed by atoms with E-state index >= 15 is 0 Å². The summed E-state index contributed by atoms with van der Waals surface area (Å²) in [5.74, 6) is 0. The van der Waals surface area contributed by atoms with Gasteiger partial charge < -0.3 is 0 Å². The van der Waals surface area contributed by atoms with Crippen molar-refractivity contribution in [2.75, 3.05) is 0 Å². The third-order valence-electron chi connectivity index (χ3n) is 3.68. The average molecular weight is 309 g/mol. The summed E-state index contributed by atoms with van der Waals surface area (Å²) in [4.78, 5) is 0. The third kappa shape index (κ3) is 2.58. The monoisotopic (exact) mass is 308 g/mol. The van der Waals surface area contributed by atoms with Crippen molar-refractivity contribution in [1.29, 1.82) is 0 Å². The van der Waals surface area contributed by atoms with Gasteiger partial charge in [-0.1, -0.05) is 78.3 Å². The van der Waals surface area contributed by atoms with Crippen LogP contribution in [0.5, 0.6) is 0 Å². The minimum atomic E-state index is 0.668. The lowest BCUT2D eigenvalue weighted by atomic mass is 10.1. The molecule has 0 fully saturated rings. The number of rotatable bonds is 3. The number of benzene rings is 2. The van der Waals surface area contributed by atoms with Gasteiger partial charge in [0.1, 0.15) is 0 Å². The molecular weight excluding hydrogens is 292 g/mol. The van der Waals surface area contributed by atoms with Gasteiger partial charge in [-0.15, -0.1) is 0 Å². The van der Waals surface area contributed by atoms with E-state index in [0.717, 1.165) is 28.2 Å². The number of aromatic nitrogens is 2. The molecule has 0 bridgehead atoms. The summed E-state index contributed by atoms with van der Waals surface area (Å²) in [5.41, 5.74) is 5.77. The Morgan fingerprint density at radius 2 is 1.64 bits per heavy atom. The quantitative estimate of drug-likeness (QED) is 0.638. The highest BCUT2D eigenvalue weighted by Gasteiger charge is 2.17. The normalized spacial score (nSPS) is 10.7. The van der Waals surface area contributed by atoms with E-state index in [4.69, 9.17) is 11.6 Å². The summed E-state index contributed by atoms with van der Waals surface area (Å²) in [6.45, 7) is 8.17. The Kier molecular flexibility index (Phi) is 3.86. The molecule has 22 heavy (non-hydrogen) atoms. The Morgan fingerprint density at radius 3 is 2.27 bits per heavy atom. The summed E-state index contributed by atoms with van der Waals surface area (Å²) < 4.78 is 1.83. The Balaban J connectivity index is 2.15. The van der Waals surface area contributed by atoms with Crippen LogP contribution in [0.1, 0.15) is 16.8 Å². The standard InChI is InChI=1S/C19H17ClN2/c1-13-9-11-17(12-10-13)19-18(20)14(2)21-22(19)15(3)16-7-5-4-6-8-16/h4-12H,3H2,1-2H3. The average Bonchev–Trinajstić information content (AvgIpc) is 2.84. The molecule has 2 aromatic carbocycles. The van der Waals surface area contributed by atoms with Crippen molar-refractivity contribution in [3.63, 3.8) is 0 Å². The molecule has 2 nitrogen and oxygen atoms in total. The van der Waals surface area contributed by atoms with Crippen LogP contribution in [0, 0.1) is 13.8 Å². The van der Waals surface area contributed by atoms with Gasteiger partial charge in [-0.25, -0.2) is 4.68 Å². The van der Waals surface area contributed by atoms with Crippen LogP contribution in [0.15, 0.2) is 61.2 Å². The summed E-state index contributed by atoms with van der Waals surface area (Å²) in [5, 5.41) is 5.24. The Bertz CT molecular complexity index is 815. The van der Waals surface area contributed by atoms with Crippen molar-refractivity contribution in [1.82, 2.24) is 9.78 Å². The number of nitrogens with zero attached hydrogens (tertiary/aromatic N) is 2. The highest BCUT2D eigenvalue weighted by atomic mass is 35.5. The minimum Gasteiger partial charge on any atom is -0.231 e. The second kappa shape index (κ2) is 5.82. The summed E-state index contributed by atoms with van der Waals surface area (Å²) >= 11 is 6.50. The molecule has 0 N–H and O–H groups in total. The van der Waals surface area contributed by atoms with Crippen LogP contribution >= 0.6 is 11.6 Å². The third-order valence-corrected chi connectivity index (χ3v) is 4.13. The Morgan fingerprint density at radius 1 is 1.00 bits per heavy atom. The predicted octanol–water partition coefficient (Wildman–Crippen LogP) is 5.34. The molecule has 0 radical (unpaired) electrons. The molecule has 1 heterocycles. The van der Waals surface area contributed by atoms with E-state index in [0.29, 0.717) is 5.02 Å². The van der Waals surface area contributed by atoms with Crippen LogP contribution in [-0.4, -0.2) is 9.78 Å². The largest absolute Gasteiger partial charge is 0.231 e. The van der Waals surface area contributed by atoms with Gasteiger partial charge in [0.15, 0.2) is 0 Å². The van der Waals surface area contributed by atoms with Crippen molar-refractivity contribution in [3.8, 4) is 11.3 Å². The van der Waals surface area contributed by atoms with Crippen LogP contribution < -0.4 is 0 Å². The lowest BCUT2D eigenvalue weighted by Crippen LogP contribution is -2.02. The van der Waals surface area contributed by atoms with Crippen molar-refractivity contribution in [2.24, 2.45) is 0 Å². The van der Waals surface area contributed by atoms with Crippen molar-refractivity contribution in [2.45, 2.75) is 13.8 Å². The zero-order chi connectivity index (χ0) is 15.7. The fraction of sp³-hybridized carbons (Fsp3) is 0.105. The molecule has 0 saturated carbocycles. The predicted molar refractivity (Wildman–Crippen MR) is 93.0 cm³/mol. The second-order valence-corrected chi connectivity index (χ2v) is 5.72. The van der Waals surface area contributed by atoms with Crippen LogP contribution in [-0.2, 0) is 0 Å². The van der Waals surface area contributed by atoms with Gasteiger partial charge in [0.2, 0.25) is 0 Å². The van der Waals surface area contributed by atoms with E-state index in [9.17, 15) is 0 Å². The van der Waals surface area contributed by atoms with E-state index in [2.05, 4.69) is 42.9 Å². The van der Waals surface area contributed by atoms with Crippen LogP contribution in [0.3, 0.4) is 0 Å². The lowest BCUT2D eigenvalue weighted by molar-refractivity contribution is 0.893. The van der Waals surface area contributed by atoms with E-state index in [1.54, 1.807) is 0 Å². The van der Waals surface area contributed by atoms with Crippen molar-refractivity contribution >= 4 is 17.3 Å². The van der Waals surface area contributed by atoms with Crippen LogP contribution in [0.25, 0.3) is 17.0 Å². The number of hydrogen-bond donors (Lipinski definition) is 0. The molecule has 3 heteroatoms. The maximum atomic E-state index is 6.50. The summed E-state index contributed by atoms with van der Waals surface area (Å²) in [6.07, 6.45) is 0. The van der Waals surface area contributed by atoms with Crippen molar-refractivity contribution < 1.29 is 0 Å². The zero-order valence-electron chi connectivity index (χ0n) is 12.7. The van der Waals surface area contributed by atoms with Gasteiger partial charge in [-0.2, -0.15) is 5.10 Å². The van der Waals surface area contributed by atoms with E-state index < -0.39 is 0 Å². The molecule has 0 aliphatic heterocycles. The highest BCUT2D eigenvalue weighted by Crippen LogP contribution is 2.33. The summed E-state index contributed by atoms with van der Waals surface area (Å²) in [6, 6.07) is 18.3. The molecule has 0 saturated heterocycles. The van der Waals surface area contributed by atoms with Crippen LogP contribution in [0.2, 0.25) is 5.02 Å². The lowest BCUT2D eigenvalue weighted by Gasteiger charge is -2.11. The first kappa shape index (κ1) is 14.6. The molecule has 0 atom stereocenters. The molecule has 110 valence electrons. The van der Waals surface area contributed by atoms with Crippen molar-refractivity contribution in [3.05, 3.63) is 83.0 Å². The van der Waals surface area contributed by atoms with Gasteiger partial charge in [0, 0.05) is 5.56 Å². The Labute approximate surface area is 135 Å². The first-order valence-electron chi connectivity index (χ1n) is 7.15. The van der Waals surface area contributed by atoms with E-state index in [-0.39, 0.29) is 0 Å². The molecule has 0 aliphatic rings. The fourth-order valence-electron chi connectivity index (χ4n) is 2.42. The SMILES string of the molecule is C=C(c1ccccc1)n1nc(C)c(Cl)c1-c1ccc(C)cc1. The molecule has 0 amide bonds. The minimum absolute atomic E-state index is 0.668. The maximum absolute atomic E-state index is 6.50. The van der Waals surface area contributed by atoms with Gasteiger partial charge in [0.25, 0.3) is 0 Å². The molecule has 3 aromatic rings. The fourth-order valence-corrected chi connectivity index (χ4v) is 2.64. The first-order chi connectivity index (χ1) is 10.6. The van der Waals surface area contributed by atoms with Gasteiger partial charge in [0.05, 0.1) is 22.1 Å². The summed E-state index contributed by atoms with van der Waals surface area (Å²) in [7, 11) is 0. The van der Waals surface area contributed by atoms with E-state index in [1.807, 2.05) is 41.9 Å². The number of halogens is 1. The molecule has 0 unspecified atom stereocenters. The number of hydrogen-bond acceptors (Lipinski definition) is 1. The smallest absolute Gasteiger partial charge is 0.0930 e. The molecular formula is C19H17ClN2. The highest BCUT2D eigenvalue weighted by molar-refractivity contribution is 6.33. The van der Waals surface area contributed by atoms with Gasteiger partial charge in [-0.3, -0.25) is 0 Å². The van der Waals surface area contributed by atoms with Gasteiger partial charge >= 0.3 is 0 Å². The second-order valence-electron chi connectivity index (χ2n) is 5.34. The van der Waals surface area contributed by atoms with Gasteiger partial charge in [-0.05, 0) is 19.4 Å².